The van der Waals surface area contributed by atoms with Crippen LogP contribution >= 0.6 is 0 Å². The first-order chi connectivity index (χ1) is 16.0. The molecule has 0 bridgehead atoms. The Morgan fingerprint density at radius 3 is 1.72 bits per heavy atom. The van der Waals surface area contributed by atoms with Gasteiger partial charge in [0.15, 0.2) is 0 Å². The number of aromatic nitrogens is 2. The number of hydrogen-bond donors (Lipinski definition) is 1. The van der Waals surface area contributed by atoms with E-state index < -0.39 is 5.60 Å². The van der Waals surface area contributed by atoms with Crippen molar-refractivity contribution in [2.45, 2.75) is 53.1 Å². The molecule has 0 radical (unpaired) electrons. The van der Waals surface area contributed by atoms with Crippen LogP contribution < -0.4 is 47.9 Å². The fourth-order valence-electron chi connectivity index (χ4n) is 3.13. The average Bonchev–Trinajstić information content (AvgIpc) is 3.33. The maximum Gasteiger partial charge on any atom is 1.00 e. The van der Waals surface area contributed by atoms with Crippen LogP contribution in [0.25, 0.3) is 21.8 Å². The third kappa shape index (κ3) is 12.8. The Balaban J connectivity index is 0.000000481. The fourth-order valence-corrected chi connectivity index (χ4v) is 3.13. The molecule has 2 aromatic carbocycles. The normalized spacial score (nSPS) is 11.9. The molecule has 5 rings (SSSR count). The molecular weight excluding hydrogens is 442 g/mol. The van der Waals surface area contributed by atoms with Crippen LogP contribution in [0.2, 0.25) is 0 Å². The Labute approximate surface area is 238 Å². The summed E-state index contributed by atoms with van der Waals surface area (Å²) in [5, 5.41) is 32.8. The summed E-state index contributed by atoms with van der Waals surface area (Å²) in [6, 6.07) is 14.8. The van der Waals surface area contributed by atoms with Crippen molar-refractivity contribution in [1.82, 2.24) is 9.97 Å². The maximum absolute atomic E-state index is 11.3. The minimum atomic E-state index is -0.750. The molecule has 2 aromatic heterocycles. The van der Waals surface area contributed by atoms with Crippen LogP contribution in [0, 0.1) is 13.8 Å². The first kappa shape index (κ1) is 34.0. The molecule has 1 saturated heterocycles. The zero-order valence-electron chi connectivity index (χ0n) is 22.7. The van der Waals surface area contributed by atoms with E-state index in [9.17, 15) is 15.3 Å². The van der Waals surface area contributed by atoms with E-state index in [2.05, 4.69) is 9.97 Å². The van der Waals surface area contributed by atoms with Gasteiger partial charge in [-0.2, -0.15) is 0 Å². The Kier molecular flexibility index (Phi) is 15.7. The molecular formula is C28H34Li2N2O4. The number of phenols is 1. The Hall–Kier alpha value is -2.03. The van der Waals surface area contributed by atoms with Crippen molar-refractivity contribution < 1.29 is 57.8 Å². The molecule has 1 fully saturated rings. The van der Waals surface area contributed by atoms with Gasteiger partial charge in [0.05, 0.1) is 5.52 Å². The maximum atomic E-state index is 11.3. The largest absolute Gasteiger partial charge is 1.00 e. The van der Waals surface area contributed by atoms with Crippen molar-refractivity contribution >= 4 is 21.8 Å². The minimum absolute atomic E-state index is 0. The molecule has 182 valence electrons. The fraction of sp³-hybridized carbons (Fsp3) is 0.357. The van der Waals surface area contributed by atoms with Gasteiger partial charge in [0.1, 0.15) is 11.3 Å². The summed E-state index contributed by atoms with van der Waals surface area (Å²) in [5.74, 6) is 0.260. The number of aromatic hydroxyl groups is 1. The number of phenolic OH excluding ortho intramolecular Hbond substituents is 1. The molecule has 36 heavy (non-hydrogen) atoms. The summed E-state index contributed by atoms with van der Waals surface area (Å²) in [5.41, 5.74) is 2.51. The van der Waals surface area contributed by atoms with E-state index in [0.717, 1.165) is 35.1 Å². The van der Waals surface area contributed by atoms with Crippen LogP contribution in [0.3, 0.4) is 0 Å². The van der Waals surface area contributed by atoms with Gasteiger partial charge in [-0.25, -0.2) is 0 Å². The predicted molar refractivity (Wildman–Crippen MR) is 134 cm³/mol. The molecule has 0 atom stereocenters. The molecule has 0 saturated carbocycles. The molecule has 0 spiro atoms. The number of fused-ring (bicyclic) bond motifs is 2. The van der Waals surface area contributed by atoms with Crippen LogP contribution in [0.1, 0.15) is 44.7 Å². The Morgan fingerprint density at radius 2 is 1.25 bits per heavy atom. The molecule has 4 aromatic rings. The van der Waals surface area contributed by atoms with Crippen molar-refractivity contribution in [3.63, 3.8) is 0 Å². The summed E-state index contributed by atoms with van der Waals surface area (Å²) < 4.78 is 4.94. The van der Waals surface area contributed by atoms with E-state index in [1.807, 2.05) is 50.2 Å². The van der Waals surface area contributed by atoms with Gasteiger partial charge in [0.2, 0.25) is 0 Å². The van der Waals surface area contributed by atoms with Crippen LogP contribution in [-0.2, 0) is 4.74 Å². The van der Waals surface area contributed by atoms with Gasteiger partial charge in [-0.15, -0.1) is 5.60 Å². The van der Waals surface area contributed by atoms with Crippen molar-refractivity contribution in [2.24, 2.45) is 0 Å². The van der Waals surface area contributed by atoms with E-state index in [0.29, 0.717) is 11.0 Å². The number of ether oxygens (including phenoxy) is 1. The van der Waals surface area contributed by atoms with Crippen molar-refractivity contribution in [1.29, 1.82) is 0 Å². The van der Waals surface area contributed by atoms with Crippen LogP contribution in [-0.4, -0.2) is 33.9 Å². The van der Waals surface area contributed by atoms with Crippen LogP contribution in [0.5, 0.6) is 11.5 Å². The second-order valence-corrected chi connectivity index (χ2v) is 9.13. The molecule has 1 aliphatic heterocycles. The Bertz CT molecular complexity index is 1100. The summed E-state index contributed by atoms with van der Waals surface area (Å²) in [7, 11) is 0. The van der Waals surface area contributed by atoms with E-state index in [-0.39, 0.29) is 49.2 Å². The number of pyridine rings is 2. The first-order valence-corrected chi connectivity index (χ1v) is 11.4. The molecule has 3 heterocycles. The van der Waals surface area contributed by atoms with Crippen LogP contribution in [0.4, 0.5) is 0 Å². The van der Waals surface area contributed by atoms with Crippen molar-refractivity contribution in [3.05, 3.63) is 72.1 Å². The average molecular weight is 476 g/mol. The second kappa shape index (κ2) is 16.7. The number of hydrogen-bond acceptors (Lipinski definition) is 6. The zero-order chi connectivity index (χ0) is 25.1. The van der Waals surface area contributed by atoms with E-state index in [1.54, 1.807) is 45.3 Å². The van der Waals surface area contributed by atoms with Crippen molar-refractivity contribution in [3.8, 4) is 11.5 Å². The molecule has 6 nitrogen and oxygen atoms in total. The molecule has 1 N–H and O–H groups in total. The van der Waals surface area contributed by atoms with Gasteiger partial charge in [0, 0.05) is 31.0 Å². The van der Waals surface area contributed by atoms with Gasteiger partial charge in [-0.05, 0) is 68.0 Å². The van der Waals surface area contributed by atoms with Gasteiger partial charge in [-0.1, -0.05) is 50.3 Å². The van der Waals surface area contributed by atoms with Gasteiger partial charge < -0.3 is 20.1 Å². The third-order valence-electron chi connectivity index (χ3n) is 4.47. The number of rotatable bonds is 0. The van der Waals surface area contributed by atoms with Gasteiger partial charge in [0.25, 0.3) is 0 Å². The Morgan fingerprint density at radius 1 is 0.806 bits per heavy atom. The quantitative estimate of drug-likeness (QED) is 0.321. The van der Waals surface area contributed by atoms with E-state index in [4.69, 9.17) is 4.74 Å². The van der Waals surface area contributed by atoms with E-state index >= 15 is 0 Å². The smallest absolute Gasteiger partial charge is 0.871 e. The summed E-state index contributed by atoms with van der Waals surface area (Å²) in [6.45, 7) is 10.8. The predicted octanol–water partition coefficient (Wildman–Crippen LogP) is -1.18. The number of nitrogens with zero attached hydrogens (tertiary/aromatic N) is 2. The molecule has 0 amide bonds. The SMILES string of the molecule is C1CCOC1.CC(C)(C)[O-].Cc1cc(O)c2ncccc2c1.Cc1cc([O-])c2ncccc2c1.[Li+].[Li+]. The summed E-state index contributed by atoms with van der Waals surface area (Å²) >= 11 is 0. The molecule has 0 unspecified atom stereocenters. The summed E-state index contributed by atoms with van der Waals surface area (Å²) in [4.78, 5) is 8.08. The monoisotopic (exact) mass is 476 g/mol. The summed E-state index contributed by atoms with van der Waals surface area (Å²) in [6.07, 6.45) is 5.87. The number of benzene rings is 2. The third-order valence-corrected chi connectivity index (χ3v) is 4.47. The van der Waals surface area contributed by atoms with Gasteiger partial charge in [-0.3, -0.25) is 9.97 Å². The molecule has 0 aliphatic carbocycles. The molecule has 1 aliphatic rings. The zero-order valence-corrected chi connectivity index (χ0v) is 22.7. The minimum Gasteiger partial charge on any atom is -0.871 e. The number of aryl methyl sites for hydroxylation is 2. The van der Waals surface area contributed by atoms with Gasteiger partial charge >= 0.3 is 37.7 Å². The molecule has 8 heteroatoms. The topological polar surface area (TPSA) is 101 Å². The van der Waals surface area contributed by atoms with Crippen molar-refractivity contribution in [2.75, 3.05) is 13.2 Å². The first-order valence-electron chi connectivity index (χ1n) is 11.4. The standard InChI is InChI=1S/2C10H9NO.C4H8O.C4H9O.2Li/c2*1-7-5-8-3-2-4-11-10(8)9(12)6-7;1-2-4-5-3-1;1-4(2,3)5;;/h2*2-6,12H,1H3;1-4H2;1-3H3;;/q;;;-1;2*+1/p-1. The van der Waals surface area contributed by atoms with Crippen LogP contribution in [0.15, 0.2) is 60.9 Å². The second-order valence-electron chi connectivity index (χ2n) is 9.13. The van der Waals surface area contributed by atoms with E-state index in [1.165, 1.54) is 12.8 Å².